The number of hydrogen-bond acceptors (Lipinski definition) is 3. The van der Waals surface area contributed by atoms with E-state index in [-0.39, 0.29) is 12.5 Å². The summed E-state index contributed by atoms with van der Waals surface area (Å²) in [5.74, 6) is 1.28. The number of nitrogens with one attached hydrogen (secondary N) is 1. The van der Waals surface area contributed by atoms with Crippen LogP contribution in [-0.4, -0.2) is 24.2 Å². The van der Waals surface area contributed by atoms with E-state index in [0.717, 1.165) is 29.7 Å². The van der Waals surface area contributed by atoms with E-state index in [1.54, 1.807) is 0 Å². The Hall–Kier alpha value is -2.33. The first-order chi connectivity index (χ1) is 13.1. The lowest BCUT2D eigenvalue weighted by molar-refractivity contribution is -0.122. The number of benzene rings is 2. The van der Waals surface area contributed by atoms with Gasteiger partial charge in [-0.2, -0.15) is 0 Å². The molecule has 4 heteroatoms. The zero-order valence-electron chi connectivity index (χ0n) is 16.4. The Bertz CT molecular complexity index is 670. The number of carbonyl (C=O) groups excluding carboxylic acids is 1. The quantitative estimate of drug-likeness (QED) is 0.621. The molecule has 0 aliphatic heterocycles. The number of carbonyl (C=O) groups is 1. The number of rotatable bonds is 11. The molecule has 0 heterocycles. The molecule has 0 aromatic heterocycles. The summed E-state index contributed by atoms with van der Waals surface area (Å²) in [5, 5.41) is 12.6. The summed E-state index contributed by atoms with van der Waals surface area (Å²) in [6.07, 6.45) is 3.40. The van der Waals surface area contributed by atoms with Gasteiger partial charge in [0, 0.05) is 6.42 Å². The third kappa shape index (κ3) is 7.43. The van der Waals surface area contributed by atoms with E-state index < -0.39 is 6.04 Å². The largest absolute Gasteiger partial charge is 0.493 e. The standard InChI is InChI=1S/C23H31NO3/c1-3-7-18(2)17-27-21-13-11-20(12-14-21)22(16-25)24-23(26)15-10-19-8-5-4-6-9-19/h4-6,8-9,11-14,18,22,25H,3,7,10,15-17H2,1-2H3,(H,24,26)/t18?,22-/m0/s1. The number of hydrogen-bond donors (Lipinski definition) is 2. The Morgan fingerprint density at radius 1 is 1.11 bits per heavy atom. The van der Waals surface area contributed by atoms with E-state index in [4.69, 9.17) is 4.74 Å². The highest BCUT2D eigenvalue weighted by molar-refractivity contribution is 5.76. The van der Waals surface area contributed by atoms with E-state index in [1.807, 2.05) is 54.6 Å². The van der Waals surface area contributed by atoms with Crippen LogP contribution in [0.2, 0.25) is 0 Å². The minimum atomic E-state index is -0.402. The fourth-order valence-corrected chi connectivity index (χ4v) is 3.01. The molecular weight excluding hydrogens is 338 g/mol. The van der Waals surface area contributed by atoms with Crippen LogP contribution in [0.3, 0.4) is 0 Å². The monoisotopic (exact) mass is 369 g/mol. The van der Waals surface area contributed by atoms with Crippen molar-refractivity contribution in [2.45, 2.75) is 45.6 Å². The molecule has 2 rings (SSSR count). The van der Waals surface area contributed by atoms with Gasteiger partial charge in [0.1, 0.15) is 5.75 Å². The average molecular weight is 370 g/mol. The van der Waals surface area contributed by atoms with Gasteiger partial charge in [-0.15, -0.1) is 0 Å². The lowest BCUT2D eigenvalue weighted by Crippen LogP contribution is -2.30. The van der Waals surface area contributed by atoms with Crippen molar-refractivity contribution in [2.24, 2.45) is 5.92 Å². The zero-order chi connectivity index (χ0) is 19.5. The number of aryl methyl sites for hydroxylation is 1. The second kappa shape index (κ2) is 11.4. The Kier molecular flexibility index (Phi) is 8.85. The summed E-state index contributed by atoms with van der Waals surface area (Å²) in [6.45, 7) is 4.93. The molecule has 0 saturated carbocycles. The maximum Gasteiger partial charge on any atom is 0.220 e. The van der Waals surface area contributed by atoms with Crippen LogP contribution in [0.4, 0.5) is 0 Å². The van der Waals surface area contributed by atoms with Gasteiger partial charge >= 0.3 is 0 Å². The fraction of sp³-hybridized carbons (Fsp3) is 0.435. The zero-order valence-corrected chi connectivity index (χ0v) is 16.4. The third-order valence-electron chi connectivity index (χ3n) is 4.60. The van der Waals surface area contributed by atoms with Crippen LogP contribution in [0, 0.1) is 5.92 Å². The number of aliphatic hydroxyl groups excluding tert-OH is 1. The van der Waals surface area contributed by atoms with Crippen LogP contribution in [-0.2, 0) is 11.2 Å². The highest BCUT2D eigenvalue weighted by atomic mass is 16.5. The van der Waals surface area contributed by atoms with Crippen molar-refractivity contribution in [3.05, 3.63) is 65.7 Å². The summed E-state index contributed by atoms with van der Waals surface area (Å²) in [7, 11) is 0. The van der Waals surface area contributed by atoms with Crippen molar-refractivity contribution >= 4 is 5.91 Å². The van der Waals surface area contributed by atoms with Crippen molar-refractivity contribution in [1.82, 2.24) is 5.32 Å². The average Bonchev–Trinajstić information content (AvgIpc) is 2.70. The van der Waals surface area contributed by atoms with E-state index in [0.29, 0.717) is 25.4 Å². The molecule has 0 aliphatic carbocycles. The molecule has 27 heavy (non-hydrogen) atoms. The molecule has 4 nitrogen and oxygen atoms in total. The second-order valence-corrected chi connectivity index (χ2v) is 7.06. The van der Waals surface area contributed by atoms with Gasteiger partial charge in [0.15, 0.2) is 0 Å². The Labute approximate surface area is 162 Å². The van der Waals surface area contributed by atoms with Gasteiger partial charge in [0.25, 0.3) is 0 Å². The molecule has 2 N–H and O–H groups in total. The summed E-state index contributed by atoms with van der Waals surface area (Å²) in [4.78, 5) is 12.2. The first kappa shape index (κ1) is 21.0. The normalized spacial score (nSPS) is 13.0. The van der Waals surface area contributed by atoms with Crippen molar-refractivity contribution in [3.8, 4) is 5.75 Å². The number of ether oxygens (including phenoxy) is 1. The van der Waals surface area contributed by atoms with Crippen molar-refractivity contribution in [2.75, 3.05) is 13.2 Å². The summed E-state index contributed by atoms with van der Waals surface area (Å²) in [5.41, 5.74) is 2.01. The van der Waals surface area contributed by atoms with E-state index >= 15 is 0 Å². The van der Waals surface area contributed by atoms with E-state index in [2.05, 4.69) is 19.2 Å². The van der Waals surface area contributed by atoms with Crippen molar-refractivity contribution < 1.29 is 14.6 Å². The van der Waals surface area contributed by atoms with Crippen LogP contribution in [0.1, 0.15) is 50.3 Å². The molecule has 0 bridgehead atoms. The third-order valence-corrected chi connectivity index (χ3v) is 4.60. The first-order valence-electron chi connectivity index (χ1n) is 9.79. The maximum absolute atomic E-state index is 12.2. The molecule has 0 fully saturated rings. The molecule has 146 valence electrons. The smallest absolute Gasteiger partial charge is 0.220 e. The summed E-state index contributed by atoms with van der Waals surface area (Å²) in [6, 6.07) is 17.1. The Morgan fingerprint density at radius 3 is 2.44 bits per heavy atom. The first-order valence-corrected chi connectivity index (χ1v) is 9.79. The lowest BCUT2D eigenvalue weighted by atomic mass is 10.1. The minimum Gasteiger partial charge on any atom is -0.493 e. The summed E-state index contributed by atoms with van der Waals surface area (Å²) >= 11 is 0. The van der Waals surface area contributed by atoms with E-state index in [1.165, 1.54) is 0 Å². The molecule has 0 saturated heterocycles. The SMILES string of the molecule is CCCC(C)COc1ccc([C@H](CO)NC(=O)CCc2ccccc2)cc1. The van der Waals surface area contributed by atoms with Gasteiger partial charge < -0.3 is 15.2 Å². The molecule has 1 amide bonds. The minimum absolute atomic E-state index is 0.0633. The number of amides is 1. The fourth-order valence-electron chi connectivity index (χ4n) is 3.01. The summed E-state index contributed by atoms with van der Waals surface area (Å²) < 4.78 is 5.81. The van der Waals surface area contributed by atoms with Crippen LogP contribution >= 0.6 is 0 Å². The molecule has 0 aliphatic rings. The lowest BCUT2D eigenvalue weighted by Gasteiger charge is -2.18. The van der Waals surface area contributed by atoms with Gasteiger partial charge in [-0.05, 0) is 42.0 Å². The van der Waals surface area contributed by atoms with Crippen LogP contribution in [0.25, 0.3) is 0 Å². The predicted molar refractivity (Wildman–Crippen MR) is 109 cm³/mol. The predicted octanol–water partition coefficient (Wildman–Crippen LogP) is 4.28. The Balaban J connectivity index is 1.84. The molecule has 0 spiro atoms. The van der Waals surface area contributed by atoms with Gasteiger partial charge in [-0.3, -0.25) is 4.79 Å². The van der Waals surface area contributed by atoms with Crippen LogP contribution in [0.5, 0.6) is 5.75 Å². The molecular formula is C23H31NO3. The molecule has 0 radical (unpaired) electrons. The highest BCUT2D eigenvalue weighted by Crippen LogP contribution is 2.19. The molecule has 2 aromatic carbocycles. The highest BCUT2D eigenvalue weighted by Gasteiger charge is 2.14. The van der Waals surface area contributed by atoms with Crippen LogP contribution < -0.4 is 10.1 Å². The van der Waals surface area contributed by atoms with E-state index in [9.17, 15) is 9.90 Å². The van der Waals surface area contributed by atoms with Gasteiger partial charge in [0.05, 0.1) is 19.3 Å². The van der Waals surface area contributed by atoms with Gasteiger partial charge in [-0.25, -0.2) is 0 Å². The van der Waals surface area contributed by atoms with Crippen molar-refractivity contribution in [1.29, 1.82) is 0 Å². The molecule has 1 unspecified atom stereocenters. The molecule has 2 aromatic rings. The number of aliphatic hydroxyl groups is 1. The van der Waals surface area contributed by atoms with Crippen LogP contribution in [0.15, 0.2) is 54.6 Å². The maximum atomic E-state index is 12.2. The van der Waals surface area contributed by atoms with Gasteiger partial charge in [-0.1, -0.05) is 62.7 Å². The van der Waals surface area contributed by atoms with Gasteiger partial charge in [0.2, 0.25) is 5.91 Å². The Morgan fingerprint density at radius 2 is 1.81 bits per heavy atom. The second-order valence-electron chi connectivity index (χ2n) is 7.06. The topological polar surface area (TPSA) is 58.6 Å². The molecule has 2 atom stereocenters. The van der Waals surface area contributed by atoms with Crippen molar-refractivity contribution in [3.63, 3.8) is 0 Å².